The standard InChI is InChI=1S/C20H29N7O2/c1-25-19(22-23-24-25)17-3-2-4-18(15-17)21-20(28)27-9-6-16(7-10-27)5-8-26-11-13-29-14-12-26/h2-4,15-16H,5-14H2,1H3,(H,21,28). The van der Waals surface area contributed by atoms with E-state index >= 15 is 0 Å². The van der Waals surface area contributed by atoms with Gasteiger partial charge in [0.2, 0.25) is 0 Å². The quantitative estimate of drug-likeness (QED) is 0.825. The van der Waals surface area contributed by atoms with Gasteiger partial charge in [-0.3, -0.25) is 4.90 Å². The Labute approximate surface area is 171 Å². The van der Waals surface area contributed by atoms with E-state index in [1.165, 1.54) is 6.42 Å². The van der Waals surface area contributed by atoms with Crippen LogP contribution >= 0.6 is 0 Å². The third-order valence-electron chi connectivity index (χ3n) is 5.85. The van der Waals surface area contributed by atoms with E-state index in [9.17, 15) is 4.79 Å². The molecular formula is C20H29N7O2. The average Bonchev–Trinajstić information content (AvgIpc) is 3.19. The molecule has 0 aliphatic carbocycles. The molecule has 0 bridgehead atoms. The molecule has 29 heavy (non-hydrogen) atoms. The van der Waals surface area contributed by atoms with Crippen molar-refractivity contribution in [2.24, 2.45) is 13.0 Å². The van der Waals surface area contributed by atoms with E-state index in [4.69, 9.17) is 4.74 Å². The van der Waals surface area contributed by atoms with E-state index in [-0.39, 0.29) is 6.03 Å². The van der Waals surface area contributed by atoms with Gasteiger partial charge in [0.25, 0.3) is 0 Å². The van der Waals surface area contributed by atoms with Gasteiger partial charge in [-0.05, 0) is 54.3 Å². The second-order valence-electron chi connectivity index (χ2n) is 7.81. The second-order valence-corrected chi connectivity index (χ2v) is 7.81. The lowest BCUT2D eigenvalue weighted by Crippen LogP contribution is -2.42. The molecule has 0 atom stereocenters. The lowest BCUT2D eigenvalue weighted by Gasteiger charge is -2.34. The molecule has 2 aliphatic rings. The lowest BCUT2D eigenvalue weighted by atomic mass is 9.93. The fourth-order valence-electron chi connectivity index (χ4n) is 4.03. The molecule has 4 rings (SSSR count). The van der Waals surface area contributed by atoms with E-state index < -0.39 is 0 Å². The number of anilines is 1. The SMILES string of the molecule is Cn1nnnc1-c1cccc(NC(=O)N2CCC(CCN3CCOCC3)CC2)c1. The third-order valence-corrected chi connectivity index (χ3v) is 5.85. The molecule has 156 valence electrons. The van der Waals surface area contributed by atoms with Gasteiger partial charge < -0.3 is 15.0 Å². The van der Waals surface area contributed by atoms with Crippen LogP contribution in [0.1, 0.15) is 19.3 Å². The van der Waals surface area contributed by atoms with Crippen molar-refractivity contribution < 1.29 is 9.53 Å². The summed E-state index contributed by atoms with van der Waals surface area (Å²) in [6.07, 6.45) is 3.36. The Morgan fingerprint density at radius 1 is 1.21 bits per heavy atom. The minimum absolute atomic E-state index is 0.0372. The highest BCUT2D eigenvalue weighted by Crippen LogP contribution is 2.23. The molecule has 9 heteroatoms. The summed E-state index contributed by atoms with van der Waals surface area (Å²) < 4.78 is 7.02. The van der Waals surface area contributed by atoms with Crippen LogP contribution in [-0.4, -0.2) is 82.0 Å². The van der Waals surface area contributed by atoms with E-state index in [0.717, 1.165) is 70.0 Å². The normalized spacial score (nSPS) is 18.7. The minimum Gasteiger partial charge on any atom is -0.379 e. The summed E-state index contributed by atoms with van der Waals surface area (Å²) in [4.78, 5) is 17.1. The number of piperidine rings is 1. The molecule has 1 N–H and O–H groups in total. The fourth-order valence-corrected chi connectivity index (χ4v) is 4.03. The van der Waals surface area contributed by atoms with Crippen molar-refractivity contribution in [3.63, 3.8) is 0 Å². The van der Waals surface area contributed by atoms with Gasteiger partial charge in [-0.1, -0.05) is 12.1 Å². The first kappa shape index (κ1) is 19.8. The van der Waals surface area contributed by atoms with Gasteiger partial charge in [-0.25, -0.2) is 9.48 Å². The van der Waals surface area contributed by atoms with Crippen LogP contribution in [0, 0.1) is 5.92 Å². The van der Waals surface area contributed by atoms with Crippen molar-refractivity contribution in [2.45, 2.75) is 19.3 Å². The minimum atomic E-state index is -0.0372. The number of rotatable bonds is 5. The Bertz CT molecular complexity index is 811. The Kier molecular flexibility index (Phi) is 6.36. The molecule has 3 heterocycles. The highest BCUT2D eigenvalue weighted by atomic mass is 16.5. The van der Waals surface area contributed by atoms with Gasteiger partial charge in [0.1, 0.15) is 0 Å². The second kappa shape index (κ2) is 9.32. The number of morpholine rings is 1. The maximum Gasteiger partial charge on any atom is 0.321 e. The summed E-state index contributed by atoms with van der Waals surface area (Å²) in [7, 11) is 1.80. The number of ether oxygens (including phenoxy) is 1. The molecular weight excluding hydrogens is 370 g/mol. The number of carbonyl (C=O) groups is 1. The number of nitrogens with one attached hydrogen (secondary N) is 1. The highest BCUT2D eigenvalue weighted by molar-refractivity contribution is 5.90. The molecule has 0 unspecified atom stereocenters. The van der Waals surface area contributed by atoms with E-state index in [0.29, 0.717) is 11.7 Å². The highest BCUT2D eigenvalue weighted by Gasteiger charge is 2.23. The van der Waals surface area contributed by atoms with Crippen molar-refractivity contribution in [2.75, 3.05) is 51.3 Å². The number of carbonyl (C=O) groups excluding carboxylic acids is 1. The van der Waals surface area contributed by atoms with Crippen molar-refractivity contribution in [1.29, 1.82) is 0 Å². The Hall–Kier alpha value is -2.52. The van der Waals surface area contributed by atoms with Crippen LogP contribution in [0.5, 0.6) is 0 Å². The molecule has 9 nitrogen and oxygen atoms in total. The first-order chi connectivity index (χ1) is 14.2. The molecule has 0 radical (unpaired) electrons. The molecule has 2 aromatic rings. The number of hydrogen-bond donors (Lipinski definition) is 1. The van der Waals surface area contributed by atoms with E-state index in [1.807, 2.05) is 29.2 Å². The predicted octanol–water partition coefficient (Wildman–Crippen LogP) is 1.84. The summed E-state index contributed by atoms with van der Waals surface area (Å²) in [6.45, 7) is 6.57. The van der Waals surface area contributed by atoms with Crippen LogP contribution in [-0.2, 0) is 11.8 Å². The topological polar surface area (TPSA) is 88.4 Å². The van der Waals surface area contributed by atoms with E-state index in [1.54, 1.807) is 11.7 Å². The van der Waals surface area contributed by atoms with Gasteiger partial charge in [0, 0.05) is 44.5 Å². The average molecular weight is 399 g/mol. The smallest absolute Gasteiger partial charge is 0.321 e. The van der Waals surface area contributed by atoms with Crippen LogP contribution in [0.15, 0.2) is 24.3 Å². The fraction of sp³-hybridized carbons (Fsp3) is 0.600. The number of urea groups is 1. The number of aromatic nitrogens is 4. The Morgan fingerprint density at radius 2 is 2.00 bits per heavy atom. The number of amides is 2. The van der Waals surface area contributed by atoms with Crippen molar-refractivity contribution in [3.8, 4) is 11.4 Å². The Balaban J connectivity index is 1.25. The van der Waals surface area contributed by atoms with Crippen LogP contribution in [0.4, 0.5) is 10.5 Å². The summed E-state index contributed by atoms with van der Waals surface area (Å²) >= 11 is 0. The van der Waals surface area contributed by atoms with Crippen LogP contribution in [0.25, 0.3) is 11.4 Å². The van der Waals surface area contributed by atoms with E-state index in [2.05, 4.69) is 25.7 Å². The molecule has 0 saturated carbocycles. The maximum atomic E-state index is 12.7. The maximum absolute atomic E-state index is 12.7. The van der Waals surface area contributed by atoms with Gasteiger partial charge >= 0.3 is 6.03 Å². The molecule has 0 spiro atoms. The monoisotopic (exact) mass is 399 g/mol. The van der Waals surface area contributed by atoms with Crippen molar-refractivity contribution >= 4 is 11.7 Å². The summed E-state index contributed by atoms with van der Waals surface area (Å²) in [5.41, 5.74) is 1.63. The van der Waals surface area contributed by atoms with Crippen LogP contribution in [0.2, 0.25) is 0 Å². The molecule has 2 saturated heterocycles. The van der Waals surface area contributed by atoms with Gasteiger partial charge in [-0.15, -0.1) is 5.10 Å². The van der Waals surface area contributed by atoms with Crippen molar-refractivity contribution in [3.05, 3.63) is 24.3 Å². The first-order valence-corrected chi connectivity index (χ1v) is 10.4. The molecule has 1 aromatic carbocycles. The molecule has 2 aliphatic heterocycles. The summed E-state index contributed by atoms with van der Waals surface area (Å²) in [6, 6.07) is 7.59. The lowest BCUT2D eigenvalue weighted by molar-refractivity contribution is 0.0340. The van der Waals surface area contributed by atoms with Crippen molar-refractivity contribution in [1.82, 2.24) is 30.0 Å². The van der Waals surface area contributed by atoms with Gasteiger partial charge in [0.05, 0.1) is 13.2 Å². The zero-order valence-electron chi connectivity index (χ0n) is 17.0. The number of likely N-dealkylation sites (tertiary alicyclic amines) is 1. The first-order valence-electron chi connectivity index (χ1n) is 10.4. The molecule has 1 aromatic heterocycles. The number of nitrogens with zero attached hydrogens (tertiary/aromatic N) is 6. The number of tetrazole rings is 1. The van der Waals surface area contributed by atoms with Crippen LogP contribution in [0.3, 0.4) is 0 Å². The summed E-state index contributed by atoms with van der Waals surface area (Å²) in [5.74, 6) is 1.37. The van der Waals surface area contributed by atoms with Gasteiger partial charge in [-0.2, -0.15) is 0 Å². The number of benzene rings is 1. The third kappa shape index (κ3) is 5.10. The zero-order chi connectivity index (χ0) is 20.1. The molecule has 2 amide bonds. The molecule has 2 fully saturated rings. The zero-order valence-corrected chi connectivity index (χ0v) is 17.0. The summed E-state index contributed by atoms with van der Waals surface area (Å²) in [5, 5.41) is 14.6. The Morgan fingerprint density at radius 3 is 2.72 bits per heavy atom. The number of aryl methyl sites for hydroxylation is 1. The predicted molar refractivity (Wildman–Crippen MR) is 109 cm³/mol. The van der Waals surface area contributed by atoms with Gasteiger partial charge in [0.15, 0.2) is 5.82 Å². The number of hydrogen-bond acceptors (Lipinski definition) is 6. The largest absolute Gasteiger partial charge is 0.379 e. The van der Waals surface area contributed by atoms with Crippen LogP contribution < -0.4 is 5.32 Å².